The Morgan fingerprint density at radius 1 is 1.47 bits per heavy atom. The molecule has 2 unspecified atom stereocenters. The van der Waals surface area contributed by atoms with E-state index in [2.05, 4.69) is 6.92 Å². The van der Waals surface area contributed by atoms with Crippen LogP contribution in [-0.4, -0.2) is 29.9 Å². The number of carbonyl (C=O) groups excluding carboxylic acids is 1. The van der Waals surface area contributed by atoms with Crippen molar-refractivity contribution >= 4 is 29.9 Å². The molecule has 0 saturated carbocycles. The fourth-order valence-electron chi connectivity index (χ4n) is 2.57. The number of likely N-dealkylation sites (tertiary alicyclic amines) is 1. The van der Waals surface area contributed by atoms with Crippen LogP contribution in [0.5, 0.6) is 0 Å². The fraction of sp³-hybridized carbons (Fsp3) is 0.500. The molecule has 1 aliphatic heterocycles. The van der Waals surface area contributed by atoms with Crippen LogP contribution in [0.15, 0.2) is 24.3 Å². The van der Waals surface area contributed by atoms with Crippen LogP contribution < -0.4 is 5.73 Å². The number of halogens is 2. The van der Waals surface area contributed by atoms with Crippen molar-refractivity contribution in [3.8, 4) is 0 Å². The largest absolute Gasteiger partial charge is 0.339 e. The molecule has 3 nitrogen and oxygen atoms in total. The van der Waals surface area contributed by atoms with Gasteiger partial charge >= 0.3 is 0 Å². The topological polar surface area (TPSA) is 46.3 Å². The summed E-state index contributed by atoms with van der Waals surface area (Å²) in [5.41, 5.74) is 6.57. The van der Waals surface area contributed by atoms with Crippen molar-refractivity contribution in [3.63, 3.8) is 0 Å². The van der Waals surface area contributed by atoms with Gasteiger partial charge < -0.3 is 10.6 Å². The summed E-state index contributed by atoms with van der Waals surface area (Å²) in [4.78, 5) is 14.2. The number of hydrogen-bond donors (Lipinski definition) is 1. The number of carbonyl (C=O) groups is 1. The highest BCUT2D eigenvalue weighted by Gasteiger charge is 2.31. The zero-order valence-electron chi connectivity index (χ0n) is 11.0. The summed E-state index contributed by atoms with van der Waals surface area (Å²) in [6, 6.07) is 7.79. The van der Waals surface area contributed by atoms with Crippen LogP contribution >= 0.6 is 24.0 Å². The molecule has 0 radical (unpaired) electrons. The maximum atomic E-state index is 12.3. The van der Waals surface area contributed by atoms with Gasteiger partial charge in [0, 0.05) is 17.6 Å². The Bertz CT molecular complexity index is 439. The van der Waals surface area contributed by atoms with E-state index in [-0.39, 0.29) is 24.4 Å². The Hall–Kier alpha value is -0.770. The molecule has 1 aromatic rings. The first-order valence-corrected chi connectivity index (χ1v) is 6.72. The second-order valence-corrected chi connectivity index (χ2v) is 5.41. The van der Waals surface area contributed by atoms with Crippen LogP contribution in [0.4, 0.5) is 0 Å². The van der Waals surface area contributed by atoms with Gasteiger partial charge in [0.2, 0.25) is 5.91 Å². The lowest BCUT2D eigenvalue weighted by Gasteiger charge is -2.21. The molecule has 0 spiro atoms. The highest BCUT2D eigenvalue weighted by Crippen LogP contribution is 2.24. The summed E-state index contributed by atoms with van der Waals surface area (Å²) in [6.07, 6.45) is 1.38. The molecular weight excluding hydrogens is 283 g/mol. The average Bonchev–Trinajstić information content (AvgIpc) is 2.73. The molecule has 1 amide bonds. The minimum atomic E-state index is 0. The molecule has 1 saturated heterocycles. The van der Waals surface area contributed by atoms with E-state index in [0.29, 0.717) is 23.9 Å². The van der Waals surface area contributed by atoms with Gasteiger partial charge in [0.1, 0.15) is 0 Å². The van der Waals surface area contributed by atoms with Crippen LogP contribution in [0, 0.1) is 5.92 Å². The minimum Gasteiger partial charge on any atom is -0.339 e. The van der Waals surface area contributed by atoms with Gasteiger partial charge in [-0.25, -0.2) is 0 Å². The summed E-state index contributed by atoms with van der Waals surface area (Å²) in [5.74, 6) is 0.585. The highest BCUT2D eigenvalue weighted by atomic mass is 35.5. The zero-order chi connectivity index (χ0) is 13.1. The zero-order valence-corrected chi connectivity index (χ0v) is 12.6. The van der Waals surface area contributed by atoms with Gasteiger partial charge in [-0.2, -0.15) is 0 Å². The molecule has 2 N–H and O–H groups in total. The molecule has 1 heterocycles. The van der Waals surface area contributed by atoms with Crippen molar-refractivity contribution in [1.82, 2.24) is 4.90 Å². The Morgan fingerprint density at radius 2 is 2.16 bits per heavy atom. The molecule has 106 valence electrons. The summed E-state index contributed by atoms with van der Waals surface area (Å²) < 4.78 is 0. The van der Waals surface area contributed by atoms with Gasteiger partial charge in [0.25, 0.3) is 0 Å². The van der Waals surface area contributed by atoms with Gasteiger partial charge in [-0.15, -0.1) is 12.4 Å². The van der Waals surface area contributed by atoms with Gasteiger partial charge in [0.05, 0.1) is 6.42 Å². The molecule has 0 bridgehead atoms. The van der Waals surface area contributed by atoms with E-state index in [1.165, 1.54) is 0 Å². The van der Waals surface area contributed by atoms with E-state index in [4.69, 9.17) is 17.3 Å². The third-order valence-corrected chi connectivity index (χ3v) is 3.98. The number of benzene rings is 1. The lowest BCUT2D eigenvalue weighted by molar-refractivity contribution is -0.131. The molecule has 0 aliphatic carbocycles. The SMILES string of the molecule is CC1CC(CN)CN1C(=O)Cc1ccccc1Cl.Cl. The molecule has 19 heavy (non-hydrogen) atoms. The molecule has 2 atom stereocenters. The monoisotopic (exact) mass is 302 g/mol. The van der Waals surface area contributed by atoms with E-state index >= 15 is 0 Å². The highest BCUT2D eigenvalue weighted by molar-refractivity contribution is 6.31. The smallest absolute Gasteiger partial charge is 0.227 e. The maximum Gasteiger partial charge on any atom is 0.227 e. The number of nitrogens with two attached hydrogens (primary N) is 1. The maximum absolute atomic E-state index is 12.3. The van der Waals surface area contributed by atoms with Gasteiger partial charge in [-0.1, -0.05) is 29.8 Å². The standard InChI is InChI=1S/C14H19ClN2O.ClH/c1-10-6-11(8-16)9-17(10)14(18)7-12-4-2-3-5-13(12)15;/h2-5,10-11H,6-9,16H2,1H3;1H. The molecule has 1 aliphatic rings. The Labute approximate surface area is 125 Å². The third-order valence-electron chi connectivity index (χ3n) is 3.61. The van der Waals surface area contributed by atoms with Crippen LogP contribution in [0.25, 0.3) is 0 Å². The Kier molecular flexibility index (Phi) is 6.11. The number of nitrogens with zero attached hydrogens (tertiary/aromatic N) is 1. The quantitative estimate of drug-likeness (QED) is 0.932. The van der Waals surface area contributed by atoms with Crippen LogP contribution in [0.2, 0.25) is 5.02 Å². The normalized spacial score (nSPS) is 22.2. The van der Waals surface area contributed by atoms with Crippen molar-refractivity contribution in [1.29, 1.82) is 0 Å². The number of rotatable bonds is 3. The predicted molar refractivity (Wildman–Crippen MR) is 80.7 cm³/mol. The van der Waals surface area contributed by atoms with E-state index in [1.807, 2.05) is 29.2 Å². The van der Waals surface area contributed by atoms with Crippen molar-refractivity contribution < 1.29 is 4.79 Å². The van der Waals surface area contributed by atoms with Crippen molar-refractivity contribution in [3.05, 3.63) is 34.9 Å². The second kappa shape index (κ2) is 7.13. The Morgan fingerprint density at radius 3 is 2.74 bits per heavy atom. The summed E-state index contributed by atoms with van der Waals surface area (Å²) >= 11 is 6.08. The molecular formula is C14H20Cl2N2O. The lowest BCUT2D eigenvalue weighted by Crippen LogP contribution is -2.35. The second-order valence-electron chi connectivity index (χ2n) is 5.00. The number of hydrogen-bond acceptors (Lipinski definition) is 2. The molecule has 0 aromatic heterocycles. The summed E-state index contributed by atoms with van der Waals surface area (Å²) in [6.45, 7) is 3.52. The lowest BCUT2D eigenvalue weighted by atomic mass is 10.1. The van der Waals surface area contributed by atoms with Crippen molar-refractivity contribution in [2.45, 2.75) is 25.8 Å². The first-order chi connectivity index (χ1) is 8.61. The summed E-state index contributed by atoms with van der Waals surface area (Å²) in [5, 5.41) is 0.660. The van der Waals surface area contributed by atoms with Crippen molar-refractivity contribution in [2.75, 3.05) is 13.1 Å². The first-order valence-electron chi connectivity index (χ1n) is 6.34. The van der Waals surface area contributed by atoms with Crippen LogP contribution in [0.3, 0.4) is 0 Å². The van der Waals surface area contributed by atoms with E-state index in [0.717, 1.165) is 18.5 Å². The average molecular weight is 303 g/mol. The van der Waals surface area contributed by atoms with Gasteiger partial charge in [-0.05, 0) is 37.4 Å². The van der Waals surface area contributed by atoms with Crippen molar-refractivity contribution in [2.24, 2.45) is 11.7 Å². The molecule has 5 heteroatoms. The summed E-state index contributed by atoms with van der Waals surface area (Å²) in [7, 11) is 0. The molecule has 2 rings (SSSR count). The van der Waals surface area contributed by atoms with E-state index in [9.17, 15) is 4.79 Å². The predicted octanol–water partition coefficient (Wildman–Crippen LogP) is 2.50. The molecule has 1 aromatic carbocycles. The first kappa shape index (κ1) is 16.3. The van der Waals surface area contributed by atoms with Crippen LogP contribution in [0.1, 0.15) is 18.9 Å². The molecule has 1 fully saturated rings. The number of amides is 1. The van der Waals surface area contributed by atoms with Crippen LogP contribution in [-0.2, 0) is 11.2 Å². The van der Waals surface area contributed by atoms with Gasteiger partial charge in [-0.3, -0.25) is 4.79 Å². The van der Waals surface area contributed by atoms with E-state index in [1.54, 1.807) is 0 Å². The van der Waals surface area contributed by atoms with Gasteiger partial charge in [0.15, 0.2) is 0 Å². The Balaban J connectivity index is 0.00000180. The minimum absolute atomic E-state index is 0. The van der Waals surface area contributed by atoms with E-state index < -0.39 is 0 Å². The fourth-order valence-corrected chi connectivity index (χ4v) is 2.77. The third kappa shape index (κ3) is 3.85.